The number of nitrogens with zero attached hydrogens (tertiary/aromatic N) is 7. The van der Waals surface area contributed by atoms with Crippen molar-refractivity contribution in [1.29, 1.82) is 0 Å². The van der Waals surface area contributed by atoms with Crippen LogP contribution in [0.3, 0.4) is 0 Å². The Hall–Kier alpha value is -8.84. The molecule has 0 bridgehead atoms. The van der Waals surface area contributed by atoms with Gasteiger partial charge in [-0.2, -0.15) is 10.2 Å². The van der Waals surface area contributed by atoms with Crippen molar-refractivity contribution in [3.05, 3.63) is 258 Å². The van der Waals surface area contributed by atoms with Gasteiger partial charge >= 0.3 is 0 Å². The predicted octanol–water partition coefficient (Wildman–Crippen LogP) is 11.8. The summed E-state index contributed by atoms with van der Waals surface area (Å²) < 4.78 is 68.2. The highest BCUT2D eigenvalue weighted by Crippen LogP contribution is 2.28. The molecule has 12 nitrogen and oxygen atoms in total. The molecule has 10 rings (SSSR count). The topological polar surface area (TPSA) is 150 Å². The van der Waals surface area contributed by atoms with Gasteiger partial charge in [0.25, 0.3) is 0 Å². The lowest BCUT2D eigenvalue weighted by Crippen LogP contribution is -2.09. The summed E-state index contributed by atoms with van der Waals surface area (Å²) in [7, 11) is 8.97. The summed E-state index contributed by atoms with van der Waals surface area (Å²) in [5.41, 5.74) is 11.1. The van der Waals surface area contributed by atoms with Crippen LogP contribution in [0.4, 0.5) is 22.0 Å². The van der Waals surface area contributed by atoms with E-state index in [9.17, 15) is 22.0 Å². The lowest BCUT2D eigenvalue weighted by Gasteiger charge is -2.09. The van der Waals surface area contributed by atoms with Crippen LogP contribution >= 0.6 is 0 Å². The predicted molar refractivity (Wildman–Crippen MR) is 308 cm³/mol. The fourth-order valence-corrected chi connectivity index (χ4v) is 8.24. The first kappa shape index (κ1) is 60.4. The van der Waals surface area contributed by atoms with Crippen LogP contribution in [0.25, 0.3) is 56.3 Å². The van der Waals surface area contributed by atoms with E-state index in [1.807, 2.05) is 91.0 Å². The average Bonchev–Trinajstić information content (AvgIpc) is 3.50. The summed E-state index contributed by atoms with van der Waals surface area (Å²) in [6.45, 7) is 2.44. The maximum absolute atomic E-state index is 13.7. The molecular formula is C63H63F5N12. The molecule has 0 aliphatic heterocycles. The monoisotopic (exact) mass is 1080 g/mol. The number of halogens is 5. The first-order valence-corrected chi connectivity index (χ1v) is 25.5. The van der Waals surface area contributed by atoms with Gasteiger partial charge in [-0.3, -0.25) is 15.0 Å². The fourth-order valence-electron chi connectivity index (χ4n) is 8.24. The summed E-state index contributed by atoms with van der Waals surface area (Å²) in [5, 5.41) is 22.6. The van der Waals surface area contributed by atoms with Gasteiger partial charge in [-0.05, 0) is 120 Å². The lowest BCUT2D eigenvalue weighted by atomic mass is 10.0. The second-order valence-corrected chi connectivity index (χ2v) is 17.3. The molecule has 5 aromatic heterocycles. The van der Waals surface area contributed by atoms with Crippen LogP contribution in [-0.2, 0) is 32.7 Å². The molecule has 10 aromatic rings. The van der Waals surface area contributed by atoms with Gasteiger partial charge in [0, 0.05) is 119 Å². The molecule has 80 heavy (non-hydrogen) atoms. The first-order valence-electron chi connectivity index (χ1n) is 25.5. The van der Waals surface area contributed by atoms with Crippen molar-refractivity contribution in [3.63, 3.8) is 0 Å². The number of benzene rings is 5. The van der Waals surface area contributed by atoms with Gasteiger partial charge in [0.2, 0.25) is 0 Å². The van der Waals surface area contributed by atoms with Crippen molar-refractivity contribution in [2.75, 3.05) is 35.2 Å². The van der Waals surface area contributed by atoms with E-state index in [1.54, 1.807) is 109 Å². The Balaban J connectivity index is 0.000000161. The second-order valence-electron chi connectivity index (χ2n) is 17.3. The highest BCUT2D eigenvalue weighted by molar-refractivity contribution is 5.67. The van der Waals surface area contributed by atoms with E-state index in [2.05, 4.69) is 61.7 Å². The van der Waals surface area contributed by atoms with Crippen LogP contribution in [0.15, 0.2) is 201 Å². The van der Waals surface area contributed by atoms with E-state index in [1.165, 1.54) is 36.7 Å². The lowest BCUT2D eigenvalue weighted by molar-refractivity contribution is 0.601. The Morgan fingerprint density at radius 3 is 0.838 bits per heavy atom. The minimum atomic E-state index is -0.225. The molecule has 0 spiro atoms. The van der Waals surface area contributed by atoms with Gasteiger partial charge in [-0.25, -0.2) is 31.9 Å². The summed E-state index contributed by atoms with van der Waals surface area (Å²) in [4.78, 5) is 20.7. The Bertz CT molecular complexity index is 2880. The number of hydrogen-bond acceptors (Lipinski definition) is 12. The number of nitrogens with one attached hydrogen (secondary N) is 5. The molecule has 0 atom stereocenters. The van der Waals surface area contributed by atoms with Crippen LogP contribution in [0, 0.1) is 29.1 Å². The van der Waals surface area contributed by atoms with E-state index in [0.717, 1.165) is 50.6 Å². The molecular weight excluding hydrogens is 1020 g/mol. The zero-order valence-corrected chi connectivity index (χ0v) is 45.1. The van der Waals surface area contributed by atoms with E-state index in [-0.39, 0.29) is 29.1 Å². The van der Waals surface area contributed by atoms with Crippen LogP contribution in [-0.4, -0.2) is 70.4 Å². The Kier molecular flexibility index (Phi) is 24.8. The minimum Gasteiger partial charge on any atom is -0.316 e. The van der Waals surface area contributed by atoms with E-state index in [0.29, 0.717) is 66.2 Å². The van der Waals surface area contributed by atoms with Gasteiger partial charge in [-0.15, -0.1) is 0 Å². The fraction of sp³-hybridized carbons (Fsp3) is 0.159. The van der Waals surface area contributed by atoms with Crippen LogP contribution in [0.1, 0.15) is 27.8 Å². The molecule has 0 saturated heterocycles. The van der Waals surface area contributed by atoms with Crippen LogP contribution in [0.5, 0.6) is 0 Å². The second kappa shape index (κ2) is 32.8. The molecule has 5 heterocycles. The molecule has 0 unspecified atom stereocenters. The third-order valence-electron chi connectivity index (χ3n) is 11.9. The smallest absolute Gasteiger partial charge is 0.128 e. The maximum atomic E-state index is 13.7. The summed E-state index contributed by atoms with van der Waals surface area (Å²) in [6.07, 6.45) is 9.84. The molecule has 0 aliphatic carbocycles. The van der Waals surface area contributed by atoms with E-state index >= 15 is 0 Å². The van der Waals surface area contributed by atoms with E-state index in [4.69, 9.17) is 0 Å². The van der Waals surface area contributed by atoms with Crippen molar-refractivity contribution in [2.24, 2.45) is 0 Å². The number of pyridine rings is 3. The molecule has 5 aromatic carbocycles. The van der Waals surface area contributed by atoms with E-state index < -0.39 is 0 Å². The van der Waals surface area contributed by atoms with Crippen molar-refractivity contribution < 1.29 is 22.0 Å². The molecule has 0 amide bonds. The molecule has 0 aliphatic rings. The van der Waals surface area contributed by atoms with Gasteiger partial charge in [0.05, 0.1) is 28.5 Å². The largest absolute Gasteiger partial charge is 0.316 e. The molecule has 410 valence electrons. The summed E-state index contributed by atoms with van der Waals surface area (Å²) in [6, 6.07) is 47.4. The van der Waals surface area contributed by atoms with Crippen molar-refractivity contribution in [2.45, 2.75) is 32.7 Å². The Morgan fingerprint density at radius 1 is 0.287 bits per heavy atom. The number of hydrogen-bond donors (Lipinski definition) is 5. The highest BCUT2D eigenvalue weighted by atomic mass is 19.1. The minimum absolute atomic E-state index is 0.197. The van der Waals surface area contributed by atoms with Crippen molar-refractivity contribution >= 4 is 0 Å². The highest BCUT2D eigenvalue weighted by Gasteiger charge is 2.14. The Labute approximate surface area is 464 Å². The number of rotatable bonds is 15. The third kappa shape index (κ3) is 17.3. The third-order valence-corrected chi connectivity index (χ3v) is 11.9. The molecule has 0 radical (unpaired) electrons. The SMILES string of the molecule is CNCc1c(F)cccc1-c1ccccn1.CNCc1c(F)cccc1-c1ccccn1.CNCc1c(F)cccc1-c1ccccn1.CNCc1c(F)cccc1-c1cccnn1.CNCc1c(F)cccc1-c1ccncn1. The van der Waals surface area contributed by atoms with Crippen LogP contribution < -0.4 is 26.6 Å². The summed E-state index contributed by atoms with van der Waals surface area (Å²) >= 11 is 0. The van der Waals surface area contributed by atoms with Gasteiger partial charge in [0.1, 0.15) is 35.4 Å². The maximum Gasteiger partial charge on any atom is 0.128 e. The van der Waals surface area contributed by atoms with Gasteiger partial charge in [-0.1, -0.05) is 78.9 Å². The first-order chi connectivity index (χ1) is 39.1. The van der Waals surface area contributed by atoms with Crippen LogP contribution in [0.2, 0.25) is 0 Å². The molecule has 17 heteroatoms. The van der Waals surface area contributed by atoms with Gasteiger partial charge < -0.3 is 26.6 Å². The normalized spacial score (nSPS) is 10.4. The Morgan fingerprint density at radius 2 is 0.588 bits per heavy atom. The molecule has 5 N–H and O–H groups in total. The zero-order chi connectivity index (χ0) is 56.9. The van der Waals surface area contributed by atoms with Gasteiger partial charge in [0.15, 0.2) is 0 Å². The quantitative estimate of drug-likeness (QED) is 0.0622. The standard InChI is InChI=1S/3C13H13FN2.2C12H12FN3/c3*1-15-9-11-10(5-4-6-12(11)14)13-7-2-3-8-16-13;1-14-8-10-9(4-2-5-11(10)13)12-6-3-7-15-16-12;1-14-7-10-9(3-2-4-11(10)13)12-5-6-15-8-16-12/h3*2-8,15H,9H2,1H3;2-7,14H,8H2,1H3;2-6,8,14H,7H2,1H3. The summed E-state index contributed by atoms with van der Waals surface area (Å²) in [5.74, 6) is -1.03. The van der Waals surface area contributed by atoms with Crippen molar-refractivity contribution in [3.8, 4) is 56.3 Å². The number of aromatic nitrogens is 7. The molecule has 0 fully saturated rings. The average molecular weight is 1080 g/mol. The van der Waals surface area contributed by atoms with Crippen molar-refractivity contribution in [1.82, 2.24) is 61.7 Å². The molecule has 0 saturated carbocycles. The zero-order valence-electron chi connectivity index (χ0n) is 45.1.